The molecule has 0 aliphatic rings. The molecule has 0 amide bonds. The Hall–Kier alpha value is 0.832. The second kappa shape index (κ2) is 4.62. The Morgan fingerprint density at radius 1 is 1.56 bits per heavy atom. The van der Waals surface area contributed by atoms with Gasteiger partial charge in [0.1, 0.15) is 0 Å². The molecule has 0 saturated heterocycles. The zero-order valence-electron chi connectivity index (χ0n) is 5.33. The first-order chi connectivity index (χ1) is 4.12. The summed E-state index contributed by atoms with van der Waals surface area (Å²) in [5.74, 6) is 0.181. The zero-order valence-corrected chi connectivity index (χ0v) is 10.6. The Kier molecular flexibility index (Phi) is 5.04. The molecule has 0 atom stereocenters. The van der Waals surface area contributed by atoms with Crippen LogP contribution in [0, 0.1) is 0 Å². The molecule has 0 aromatic carbocycles. The molecule has 0 rings (SSSR count). The van der Waals surface area contributed by atoms with E-state index >= 15 is 0 Å². The summed E-state index contributed by atoms with van der Waals surface area (Å²) in [6, 6.07) is 0. The van der Waals surface area contributed by atoms with Crippen LogP contribution >= 0.6 is 0 Å². The molecular formula is C4H9O3STl. The number of rotatable bonds is 4. The molecule has 0 aliphatic heterocycles. The van der Waals surface area contributed by atoms with Crippen molar-refractivity contribution in [2.24, 2.45) is 0 Å². The van der Waals surface area contributed by atoms with Gasteiger partial charge in [-0.15, -0.1) is 0 Å². The molecule has 0 unspecified atom stereocenters. The van der Waals surface area contributed by atoms with E-state index in [0.717, 1.165) is 6.42 Å². The van der Waals surface area contributed by atoms with Gasteiger partial charge < -0.3 is 0 Å². The topological polar surface area (TPSA) is 43.4 Å². The van der Waals surface area contributed by atoms with Gasteiger partial charge in [0.2, 0.25) is 0 Å². The van der Waals surface area contributed by atoms with Crippen LogP contribution in [0.1, 0.15) is 19.8 Å². The van der Waals surface area contributed by atoms with Crippen molar-refractivity contribution in [2.45, 2.75) is 19.8 Å². The summed E-state index contributed by atoms with van der Waals surface area (Å²) in [6.45, 7) is 1.95. The van der Waals surface area contributed by atoms with Crippen molar-refractivity contribution in [3.05, 3.63) is 0 Å². The van der Waals surface area contributed by atoms with Gasteiger partial charge in [0.05, 0.1) is 0 Å². The number of hydrogen-bond acceptors (Lipinski definition) is 3. The van der Waals surface area contributed by atoms with E-state index in [1.807, 2.05) is 6.92 Å². The van der Waals surface area contributed by atoms with Gasteiger partial charge in [0.15, 0.2) is 0 Å². The molecule has 0 bridgehead atoms. The van der Waals surface area contributed by atoms with Crippen molar-refractivity contribution in [1.82, 2.24) is 0 Å². The molecule has 3 nitrogen and oxygen atoms in total. The van der Waals surface area contributed by atoms with Crippen LogP contribution in [0.2, 0.25) is 0 Å². The van der Waals surface area contributed by atoms with Gasteiger partial charge >= 0.3 is 72.4 Å². The first-order valence-corrected chi connectivity index (χ1v) is 6.14. The molecule has 0 aromatic heterocycles. The summed E-state index contributed by atoms with van der Waals surface area (Å²) in [7, 11) is -3.11. The van der Waals surface area contributed by atoms with Crippen LogP contribution in [-0.4, -0.2) is 40.4 Å². The first-order valence-electron chi connectivity index (χ1n) is 2.73. The van der Waals surface area contributed by atoms with E-state index in [2.05, 4.69) is 2.13 Å². The van der Waals surface area contributed by atoms with Crippen LogP contribution in [0.5, 0.6) is 0 Å². The van der Waals surface area contributed by atoms with Crippen molar-refractivity contribution < 1.29 is 10.6 Å². The van der Waals surface area contributed by atoms with E-state index in [1.54, 1.807) is 0 Å². The van der Waals surface area contributed by atoms with E-state index in [4.69, 9.17) is 0 Å². The van der Waals surface area contributed by atoms with E-state index in [1.165, 1.54) is 0 Å². The Morgan fingerprint density at radius 2 is 2.11 bits per heavy atom. The monoisotopic (exact) mass is 342 g/mol. The molecule has 0 fully saturated rings. The van der Waals surface area contributed by atoms with Gasteiger partial charge in [0, 0.05) is 0 Å². The van der Waals surface area contributed by atoms with E-state index < -0.39 is 10.1 Å². The molecule has 9 heavy (non-hydrogen) atoms. The Morgan fingerprint density at radius 3 is 2.44 bits per heavy atom. The summed E-state index contributed by atoms with van der Waals surface area (Å²) in [5.41, 5.74) is 0. The molecule has 5 heteroatoms. The third kappa shape index (κ3) is 5.28. The molecule has 0 spiro atoms. The van der Waals surface area contributed by atoms with Crippen molar-refractivity contribution in [3.8, 4) is 0 Å². The average molecular weight is 342 g/mol. The van der Waals surface area contributed by atoms with Crippen LogP contribution in [-0.2, 0) is 12.3 Å². The van der Waals surface area contributed by atoms with Crippen LogP contribution in [0.15, 0.2) is 0 Å². The third-order valence-corrected chi connectivity index (χ3v) is 5.40. The summed E-state index contributed by atoms with van der Waals surface area (Å²) in [4.78, 5) is 0. The molecule has 0 saturated carbocycles. The van der Waals surface area contributed by atoms with Gasteiger partial charge in [-0.05, 0) is 0 Å². The van der Waals surface area contributed by atoms with Gasteiger partial charge in [-0.1, -0.05) is 0 Å². The summed E-state index contributed by atoms with van der Waals surface area (Å²) >= 11 is 0.0943. The van der Waals surface area contributed by atoms with E-state index in [9.17, 15) is 8.42 Å². The van der Waals surface area contributed by atoms with Gasteiger partial charge in [-0.3, -0.25) is 0 Å². The molecule has 0 aromatic rings. The average Bonchev–Trinajstić information content (AvgIpc) is 1.84. The van der Waals surface area contributed by atoms with Gasteiger partial charge in [0.25, 0.3) is 0 Å². The fraction of sp³-hybridized carbons (Fsp3) is 1.00. The minimum atomic E-state index is -3.11. The normalized spacial score (nSPS) is 11.6. The second-order valence-electron chi connectivity index (χ2n) is 1.71. The van der Waals surface area contributed by atoms with Crippen LogP contribution in [0.3, 0.4) is 0 Å². The fourth-order valence-electron chi connectivity index (χ4n) is 0.369. The van der Waals surface area contributed by atoms with Crippen molar-refractivity contribution in [3.63, 3.8) is 0 Å². The second-order valence-corrected chi connectivity index (χ2v) is 5.67. The van der Waals surface area contributed by atoms with Crippen LogP contribution < -0.4 is 0 Å². The first kappa shape index (κ1) is 9.83. The standard InChI is InChI=1S/C4H10O3S.Tl/c1-2-3-4-8(5,6)7;/h2-4H2,1H3,(H,5,6,7);/q;+1/p-1. The van der Waals surface area contributed by atoms with Crippen molar-refractivity contribution in [2.75, 3.05) is 5.75 Å². The fourth-order valence-corrected chi connectivity index (χ4v) is 2.23. The Labute approximate surface area is 72.2 Å². The molecule has 0 heterocycles. The summed E-state index contributed by atoms with van der Waals surface area (Å²) in [6.07, 6.45) is 1.60. The maximum absolute atomic E-state index is 10.6. The van der Waals surface area contributed by atoms with Gasteiger partial charge in [-0.2, -0.15) is 0 Å². The van der Waals surface area contributed by atoms with E-state index in [0.29, 0.717) is 6.42 Å². The number of unbranched alkanes of at least 4 members (excludes halogenated alkanes) is 1. The molecule has 0 aliphatic carbocycles. The number of hydrogen-bond donors (Lipinski definition) is 0. The SMILES string of the molecule is CCCCS(=O)(=O)[O][Tl]. The predicted molar refractivity (Wildman–Crippen MR) is 35.5 cm³/mol. The van der Waals surface area contributed by atoms with Crippen LogP contribution in [0.25, 0.3) is 0 Å². The predicted octanol–water partition coefficient (Wildman–Crippen LogP) is 0.216. The maximum atomic E-state index is 10.6. The minimum absolute atomic E-state index is 0.0943. The molecule has 0 N–H and O–H groups in total. The molecular weight excluding hydrogens is 332 g/mol. The Bertz CT molecular complexity index is 151. The van der Waals surface area contributed by atoms with Crippen molar-refractivity contribution >= 4 is 36.3 Å². The summed E-state index contributed by atoms with van der Waals surface area (Å²) in [5, 5.41) is 0. The summed E-state index contributed by atoms with van der Waals surface area (Å²) < 4.78 is 25.5. The zero-order chi connectivity index (χ0) is 7.33. The van der Waals surface area contributed by atoms with Crippen molar-refractivity contribution in [1.29, 1.82) is 0 Å². The molecule has 52 valence electrons. The Balaban J connectivity index is 3.61. The third-order valence-electron chi connectivity index (χ3n) is 0.894. The molecule has 0 radical (unpaired) electrons. The van der Waals surface area contributed by atoms with Gasteiger partial charge in [-0.25, -0.2) is 0 Å². The van der Waals surface area contributed by atoms with E-state index in [-0.39, 0.29) is 32.0 Å². The quantitative estimate of drug-likeness (QED) is 0.687. The van der Waals surface area contributed by atoms with Crippen LogP contribution in [0.4, 0.5) is 0 Å².